The fourth-order valence-corrected chi connectivity index (χ4v) is 3.05. The molecule has 3 rings (SSSR count). The number of nitrogens with one attached hydrogen (secondary N) is 1. The Morgan fingerprint density at radius 3 is 2.58 bits per heavy atom. The van der Waals surface area contributed by atoms with E-state index in [2.05, 4.69) is 20.3 Å². The molecule has 3 N–H and O–H groups in total. The van der Waals surface area contributed by atoms with E-state index in [0.29, 0.717) is 5.56 Å². The van der Waals surface area contributed by atoms with Crippen molar-refractivity contribution in [2.75, 3.05) is 18.2 Å². The fraction of sp³-hybridized carbons (Fsp3) is 0.316. The Balaban J connectivity index is 2.00. The van der Waals surface area contributed by atoms with Gasteiger partial charge in [0, 0.05) is 18.8 Å². The van der Waals surface area contributed by atoms with Crippen molar-refractivity contribution in [1.82, 2.24) is 19.5 Å². The molecule has 0 aliphatic rings. The first-order valence-corrected chi connectivity index (χ1v) is 9.43. The molecular formula is C19H19ClF4N6O. The summed E-state index contributed by atoms with van der Waals surface area (Å²) < 4.78 is 61.2. The van der Waals surface area contributed by atoms with Crippen LogP contribution in [-0.2, 0) is 12.7 Å². The third-order valence-corrected chi connectivity index (χ3v) is 4.57. The smallest absolute Gasteiger partial charge is 0.434 e. The van der Waals surface area contributed by atoms with Gasteiger partial charge in [-0.15, -0.1) is 0 Å². The molecule has 3 aromatic rings. The van der Waals surface area contributed by atoms with E-state index in [1.165, 1.54) is 30.0 Å². The van der Waals surface area contributed by atoms with E-state index in [1.807, 2.05) is 0 Å². The fourth-order valence-electron chi connectivity index (χ4n) is 2.92. The molecule has 0 atom stereocenters. The van der Waals surface area contributed by atoms with Crippen molar-refractivity contribution in [3.8, 4) is 17.1 Å². The number of alkyl halides is 3. The highest BCUT2D eigenvalue weighted by atomic mass is 35.5. The highest BCUT2D eigenvalue weighted by molar-refractivity contribution is 6.28. The van der Waals surface area contributed by atoms with Crippen LogP contribution in [0.4, 0.5) is 29.1 Å². The summed E-state index contributed by atoms with van der Waals surface area (Å²) in [6, 6.07) is 2.28. The number of halogens is 5. The summed E-state index contributed by atoms with van der Waals surface area (Å²) in [7, 11) is 1.30. The maximum atomic E-state index is 15.1. The van der Waals surface area contributed by atoms with Gasteiger partial charge in [0.05, 0.1) is 24.6 Å². The zero-order chi connectivity index (χ0) is 22.9. The number of hydrogen-bond donors (Lipinski definition) is 2. The molecule has 0 bridgehead atoms. The highest BCUT2D eigenvalue weighted by Gasteiger charge is 2.36. The minimum absolute atomic E-state index is 0.0169. The normalized spacial score (nSPS) is 11.8. The molecule has 1 aromatic carbocycles. The van der Waals surface area contributed by atoms with Crippen LogP contribution in [0.15, 0.2) is 24.5 Å². The van der Waals surface area contributed by atoms with Gasteiger partial charge in [0.25, 0.3) is 0 Å². The lowest BCUT2D eigenvalue weighted by molar-refractivity contribution is -0.140. The number of nitrogens with two attached hydrogens (primary N) is 1. The molecule has 0 saturated heterocycles. The number of aromatic nitrogens is 4. The lowest BCUT2D eigenvalue weighted by Crippen LogP contribution is -2.08. The molecule has 31 heavy (non-hydrogen) atoms. The number of nitrogens with zero attached hydrogens (tertiary/aromatic N) is 4. The number of hydrogen-bond acceptors (Lipinski definition) is 6. The number of methoxy groups -OCH3 is 1. The van der Waals surface area contributed by atoms with Crippen molar-refractivity contribution < 1.29 is 22.3 Å². The molecule has 7 nitrogen and oxygen atoms in total. The second-order valence-electron chi connectivity index (χ2n) is 6.90. The topological polar surface area (TPSA) is 90.9 Å². The van der Waals surface area contributed by atoms with E-state index >= 15 is 4.39 Å². The quantitative estimate of drug-likeness (QED) is 0.402. The average molecular weight is 459 g/mol. The van der Waals surface area contributed by atoms with E-state index in [-0.39, 0.29) is 40.5 Å². The Bertz CT molecular complexity index is 1100. The maximum Gasteiger partial charge on any atom is 0.434 e. The average Bonchev–Trinajstić information content (AvgIpc) is 3.13. The molecule has 0 aliphatic carbocycles. The second kappa shape index (κ2) is 8.58. The maximum absolute atomic E-state index is 15.1. The largest absolute Gasteiger partial charge is 0.496 e. The monoisotopic (exact) mass is 458 g/mol. The van der Waals surface area contributed by atoms with Crippen molar-refractivity contribution in [2.24, 2.45) is 0 Å². The third kappa shape index (κ3) is 4.82. The van der Waals surface area contributed by atoms with Gasteiger partial charge in [0.1, 0.15) is 17.4 Å². The Kier molecular flexibility index (Phi) is 6.25. The van der Waals surface area contributed by atoms with Crippen LogP contribution in [0.1, 0.15) is 31.1 Å². The molecule has 0 amide bonds. The van der Waals surface area contributed by atoms with Crippen LogP contribution in [0.5, 0.6) is 5.75 Å². The minimum Gasteiger partial charge on any atom is -0.496 e. The first-order chi connectivity index (χ1) is 14.5. The molecule has 0 saturated carbocycles. The summed E-state index contributed by atoms with van der Waals surface area (Å²) in [6.45, 7) is 3.44. The van der Waals surface area contributed by atoms with Gasteiger partial charge in [-0.25, -0.2) is 14.4 Å². The van der Waals surface area contributed by atoms with Gasteiger partial charge in [0.2, 0.25) is 5.28 Å². The predicted molar refractivity (Wildman–Crippen MR) is 108 cm³/mol. The van der Waals surface area contributed by atoms with Crippen LogP contribution in [0.2, 0.25) is 5.28 Å². The molecule has 0 spiro atoms. The van der Waals surface area contributed by atoms with E-state index in [1.54, 1.807) is 13.8 Å². The van der Waals surface area contributed by atoms with Crippen LogP contribution in [0.25, 0.3) is 11.4 Å². The molecule has 0 unspecified atom stereocenters. The molecule has 0 aliphatic heterocycles. The summed E-state index contributed by atoms with van der Waals surface area (Å²) >= 11 is 5.75. The van der Waals surface area contributed by atoms with E-state index in [4.69, 9.17) is 22.1 Å². The van der Waals surface area contributed by atoms with Crippen molar-refractivity contribution in [3.05, 3.63) is 46.9 Å². The number of anilines is 2. The molecular weight excluding hydrogens is 440 g/mol. The van der Waals surface area contributed by atoms with E-state index in [0.717, 1.165) is 6.20 Å². The number of nitrogen functional groups attached to an aromatic ring is 1. The molecule has 0 radical (unpaired) electrons. The van der Waals surface area contributed by atoms with Crippen molar-refractivity contribution in [3.63, 3.8) is 0 Å². The molecule has 2 heterocycles. The van der Waals surface area contributed by atoms with E-state index < -0.39 is 23.7 Å². The molecule has 0 fully saturated rings. The van der Waals surface area contributed by atoms with Gasteiger partial charge < -0.3 is 20.4 Å². The lowest BCUT2D eigenvalue weighted by Gasteiger charge is -2.16. The molecule has 12 heteroatoms. The van der Waals surface area contributed by atoms with Gasteiger partial charge in [-0.1, -0.05) is 0 Å². The standard InChI is InChI=1S/C19H19ClF4N6O/c1-9(2)30-8-14(19(22,23)24)28-17(30)15-11(21)4-10(5-13(15)31-3)6-26-16-12(25)7-27-18(20)29-16/h4-5,7-9H,6,25H2,1-3H3,(H,26,27,29). The predicted octanol–water partition coefficient (Wildman–Crippen LogP) is 4.94. The number of rotatable bonds is 6. The van der Waals surface area contributed by atoms with Crippen molar-refractivity contribution >= 4 is 23.1 Å². The number of ether oxygens (including phenoxy) is 1. The third-order valence-electron chi connectivity index (χ3n) is 4.38. The van der Waals surface area contributed by atoms with Crippen molar-refractivity contribution in [1.29, 1.82) is 0 Å². The Labute approximate surface area is 180 Å². The van der Waals surface area contributed by atoms with Gasteiger partial charge >= 0.3 is 6.18 Å². The first kappa shape index (κ1) is 22.6. The molecule has 166 valence electrons. The van der Waals surface area contributed by atoms with Crippen LogP contribution in [-0.4, -0.2) is 26.6 Å². The number of benzene rings is 1. The van der Waals surface area contributed by atoms with Crippen molar-refractivity contribution in [2.45, 2.75) is 32.6 Å². The summed E-state index contributed by atoms with van der Waals surface area (Å²) in [5, 5.41) is 2.89. The van der Waals surface area contributed by atoms with Crippen LogP contribution in [0, 0.1) is 5.82 Å². The van der Waals surface area contributed by atoms with Crippen LogP contribution < -0.4 is 15.8 Å². The SMILES string of the molecule is COc1cc(CNc2nc(Cl)ncc2N)cc(F)c1-c1nc(C(F)(F)F)cn1C(C)C. The van der Waals surface area contributed by atoms with Crippen LogP contribution in [0.3, 0.4) is 0 Å². The van der Waals surface area contributed by atoms with Crippen LogP contribution >= 0.6 is 11.6 Å². The Morgan fingerprint density at radius 1 is 1.26 bits per heavy atom. The van der Waals surface area contributed by atoms with E-state index in [9.17, 15) is 13.2 Å². The highest BCUT2D eigenvalue weighted by Crippen LogP contribution is 2.38. The summed E-state index contributed by atoms with van der Waals surface area (Å²) in [5.41, 5.74) is 5.17. The Hall–Kier alpha value is -3.08. The summed E-state index contributed by atoms with van der Waals surface area (Å²) in [5.74, 6) is -0.672. The van der Waals surface area contributed by atoms with Gasteiger partial charge in [-0.2, -0.15) is 18.2 Å². The zero-order valence-corrected chi connectivity index (χ0v) is 17.5. The summed E-state index contributed by atoms with van der Waals surface area (Å²) in [4.78, 5) is 11.3. The minimum atomic E-state index is -4.67. The van der Waals surface area contributed by atoms with Gasteiger partial charge in [0.15, 0.2) is 11.5 Å². The number of imidazole rings is 1. The van der Waals surface area contributed by atoms with Gasteiger partial charge in [-0.05, 0) is 43.1 Å². The lowest BCUT2D eigenvalue weighted by atomic mass is 10.1. The second-order valence-corrected chi connectivity index (χ2v) is 7.24. The Morgan fingerprint density at radius 2 is 1.97 bits per heavy atom. The van der Waals surface area contributed by atoms with Gasteiger partial charge in [-0.3, -0.25) is 0 Å². The first-order valence-electron chi connectivity index (χ1n) is 9.06. The molecule has 2 aromatic heterocycles. The zero-order valence-electron chi connectivity index (χ0n) is 16.8. The summed E-state index contributed by atoms with van der Waals surface area (Å²) in [6.07, 6.45) is -2.48.